The summed E-state index contributed by atoms with van der Waals surface area (Å²) in [5.74, 6) is 0.968. The van der Waals surface area contributed by atoms with E-state index in [1.165, 1.54) is 16.0 Å². The third-order valence-electron chi connectivity index (χ3n) is 4.15. The van der Waals surface area contributed by atoms with Crippen molar-refractivity contribution in [3.8, 4) is 0 Å². The van der Waals surface area contributed by atoms with Crippen molar-refractivity contribution >= 4 is 17.7 Å². The molecule has 23 heavy (non-hydrogen) atoms. The Morgan fingerprint density at radius 3 is 2.96 bits per heavy atom. The van der Waals surface area contributed by atoms with E-state index in [2.05, 4.69) is 35.3 Å². The van der Waals surface area contributed by atoms with Crippen molar-refractivity contribution in [1.82, 2.24) is 10.2 Å². The van der Waals surface area contributed by atoms with Gasteiger partial charge in [-0.05, 0) is 51.2 Å². The lowest BCUT2D eigenvalue weighted by Gasteiger charge is -2.23. The first-order valence-electron chi connectivity index (χ1n) is 7.78. The molecule has 0 spiro atoms. The van der Waals surface area contributed by atoms with Crippen LogP contribution in [0.15, 0.2) is 45.9 Å². The monoisotopic (exact) mass is 330 g/mol. The fourth-order valence-electron chi connectivity index (χ4n) is 2.81. The minimum absolute atomic E-state index is 0.0359. The molecule has 122 valence electrons. The number of aryl methyl sites for hydroxylation is 1. The van der Waals surface area contributed by atoms with Crippen LogP contribution in [0, 0.1) is 6.92 Å². The van der Waals surface area contributed by atoms with Gasteiger partial charge in [-0.1, -0.05) is 17.7 Å². The van der Waals surface area contributed by atoms with E-state index in [0.717, 1.165) is 12.2 Å². The van der Waals surface area contributed by atoms with Gasteiger partial charge in [-0.25, -0.2) is 0 Å². The SMILES string of the molecule is Cc1ccc2c(c1)SC(C(=O)NCC(c1ccco1)N(C)C)C2. The number of benzene rings is 1. The molecule has 1 aromatic heterocycles. The van der Waals surface area contributed by atoms with Crippen LogP contribution >= 0.6 is 11.8 Å². The number of carbonyl (C=O) groups is 1. The third kappa shape index (κ3) is 3.62. The number of nitrogens with zero attached hydrogens (tertiary/aromatic N) is 1. The summed E-state index contributed by atoms with van der Waals surface area (Å²) >= 11 is 1.67. The van der Waals surface area contributed by atoms with E-state index in [4.69, 9.17) is 4.42 Å². The van der Waals surface area contributed by atoms with Gasteiger partial charge >= 0.3 is 0 Å². The van der Waals surface area contributed by atoms with Crippen molar-refractivity contribution < 1.29 is 9.21 Å². The predicted molar refractivity (Wildman–Crippen MR) is 92.7 cm³/mol. The zero-order chi connectivity index (χ0) is 16.4. The Hall–Kier alpha value is -1.72. The number of nitrogens with one attached hydrogen (secondary N) is 1. The molecule has 0 saturated carbocycles. The van der Waals surface area contributed by atoms with E-state index in [0.29, 0.717) is 6.54 Å². The Morgan fingerprint density at radius 2 is 2.26 bits per heavy atom. The van der Waals surface area contributed by atoms with E-state index < -0.39 is 0 Å². The number of furan rings is 1. The Balaban J connectivity index is 1.60. The minimum atomic E-state index is -0.0359. The summed E-state index contributed by atoms with van der Waals surface area (Å²) in [6.07, 6.45) is 2.47. The van der Waals surface area contributed by atoms with Gasteiger partial charge in [-0.3, -0.25) is 9.69 Å². The highest BCUT2D eigenvalue weighted by molar-refractivity contribution is 8.01. The third-order valence-corrected chi connectivity index (χ3v) is 5.45. The second-order valence-corrected chi connectivity index (χ2v) is 7.41. The molecule has 3 rings (SSSR count). The van der Waals surface area contributed by atoms with Crippen LogP contribution in [0.4, 0.5) is 0 Å². The number of hydrogen-bond donors (Lipinski definition) is 1. The highest BCUT2D eigenvalue weighted by atomic mass is 32.2. The van der Waals surface area contributed by atoms with Crippen LogP contribution in [0.25, 0.3) is 0 Å². The summed E-state index contributed by atoms with van der Waals surface area (Å²) in [6, 6.07) is 10.3. The summed E-state index contributed by atoms with van der Waals surface area (Å²) in [5.41, 5.74) is 2.51. The van der Waals surface area contributed by atoms with Crippen molar-refractivity contribution in [3.05, 3.63) is 53.5 Å². The van der Waals surface area contributed by atoms with E-state index >= 15 is 0 Å². The van der Waals surface area contributed by atoms with Gasteiger partial charge in [-0.15, -0.1) is 11.8 Å². The topological polar surface area (TPSA) is 45.5 Å². The molecule has 0 fully saturated rings. The van der Waals surface area contributed by atoms with Crippen LogP contribution in [-0.2, 0) is 11.2 Å². The quantitative estimate of drug-likeness (QED) is 0.915. The van der Waals surface area contributed by atoms with Crippen molar-refractivity contribution in [1.29, 1.82) is 0 Å². The molecule has 1 N–H and O–H groups in total. The fraction of sp³-hybridized carbons (Fsp3) is 0.389. The molecule has 1 aliphatic heterocycles. The Bertz CT molecular complexity index is 682. The van der Waals surface area contributed by atoms with Crippen LogP contribution < -0.4 is 5.32 Å². The fourth-order valence-corrected chi connectivity index (χ4v) is 4.13. The maximum Gasteiger partial charge on any atom is 0.233 e. The molecular weight excluding hydrogens is 308 g/mol. The molecule has 2 aromatic rings. The second kappa shape index (κ2) is 6.81. The van der Waals surface area contributed by atoms with Gasteiger partial charge in [0.1, 0.15) is 5.76 Å². The van der Waals surface area contributed by atoms with Gasteiger partial charge in [0.15, 0.2) is 0 Å². The summed E-state index contributed by atoms with van der Waals surface area (Å²) in [4.78, 5) is 15.8. The lowest BCUT2D eigenvalue weighted by molar-refractivity contribution is -0.120. The molecule has 0 radical (unpaired) electrons. The first-order valence-corrected chi connectivity index (χ1v) is 8.66. The van der Waals surface area contributed by atoms with Gasteiger partial charge in [-0.2, -0.15) is 0 Å². The van der Waals surface area contributed by atoms with Gasteiger partial charge in [0.2, 0.25) is 5.91 Å². The number of rotatable bonds is 5. The molecule has 5 heteroatoms. The van der Waals surface area contributed by atoms with Crippen LogP contribution in [-0.4, -0.2) is 36.7 Å². The molecule has 0 bridgehead atoms. The Kier molecular flexibility index (Phi) is 4.78. The van der Waals surface area contributed by atoms with Crippen LogP contribution in [0.1, 0.15) is 22.9 Å². The molecule has 1 amide bonds. The number of amides is 1. The maximum atomic E-state index is 12.5. The molecule has 2 atom stereocenters. The Labute approximate surface area is 141 Å². The highest BCUT2D eigenvalue weighted by Gasteiger charge is 2.29. The van der Waals surface area contributed by atoms with Crippen molar-refractivity contribution in [2.75, 3.05) is 20.6 Å². The maximum absolute atomic E-state index is 12.5. The van der Waals surface area contributed by atoms with Gasteiger partial charge in [0, 0.05) is 11.4 Å². The van der Waals surface area contributed by atoms with Crippen molar-refractivity contribution in [2.45, 2.75) is 29.5 Å². The highest BCUT2D eigenvalue weighted by Crippen LogP contribution is 2.37. The standard InChI is InChI=1S/C18H22N2O2S/c1-12-6-7-13-10-17(23-16(13)9-12)18(21)19-11-14(20(2)3)15-5-4-8-22-15/h4-9,14,17H,10-11H2,1-3H3,(H,19,21). The summed E-state index contributed by atoms with van der Waals surface area (Å²) < 4.78 is 5.48. The van der Waals surface area contributed by atoms with E-state index in [1.54, 1.807) is 18.0 Å². The molecule has 2 unspecified atom stereocenters. The summed E-state index contributed by atoms with van der Waals surface area (Å²) in [5, 5.41) is 3.05. The number of thioether (sulfide) groups is 1. The molecular formula is C18H22N2O2S. The summed E-state index contributed by atoms with van der Waals surface area (Å²) in [7, 11) is 3.98. The van der Waals surface area contributed by atoms with E-state index in [1.807, 2.05) is 26.2 Å². The average molecular weight is 330 g/mol. The zero-order valence-electron chi connectivity index (χ0n) is 13.7. The van der Waals surface area contributed by atoms with E-state index in [-0.39, 0.29) is 17.2 Å². The zero-order valence-corrected chi connectivity index (χ0v) is 14.5. The van der Waals surface area contributed by atoms with Gasteiger partial charge < -0.3 is 9.73 Å². The number of likely N-dealkylation sites (N-methyl/N-ethyl adjacent to an activating group) is 1. The number of hydrogen-bond acceptors (Lipinski definition) is 4. The molecule has 4 nitrogen and oxygen atoms in total. The molecule has 0 aliphatic carbocycles. The van der Waals surface area contributed by atoms with Crippen molar-refractivity contribution in [3.63, 3.8) is 0 Å². The van der Waals surface area contributed by atoms with Crippen LogP contribution in [0.3, 0.4) is 0 Å². The van der Waals surface area contributed by atoms with E-state index in [9.17, 15) is 4.79 Å². The normalized spacial score (nSPS) is 18.0. The minimum Gasteiger partial charge on any atom is -0.468 e. The lowest BCUT2D eigenvalue weighted by atomic mass is 10.1. The molecule has 2 heterocycles. The number of fused-ring (bicyclic) bond motifs is 1. The first kappa shape index (κ1) is 16.1. The van der Waals surface area contributed by atoms with Crippen LogP contribution in [0.2, 0.25) is 0 Å². The predicted octanol–water partition coefficient (Wildman–Crippen LogP) is 3.02. The number of carbonyl (C=O) groups excluding carboxylic acids is 1. The summed E-state index contributed by atoms with van der Waals surface area (Å²) in [6.45, 7) is 2.63. The van der Waals surface area contributed by atoms with Crippen molar-refractivity contribution in [2.24, 2.45) is 0 Å². The average Bonchev–Trinajstić information content (AvgIpc) is 3.15. The molecule has 0 saturated heterocycles. The largest absolute Gasteiger partial charge is 0.468 e. The van der Waals surface area contributed by atoms with Gasteiger partial charge in [0.25, 0.3) is 0 Å². The first-order chi connectivity index (χ1) is 11.0. The molecule has 1 aliphatic rings. The second-order valence-electron chi connectivity index (χ2n) is 6.16. The lowest BCUT2D eigenvalue weighted by Crippen LogP contribution is -2.38. The smallest absolute Gasteiger partial charge is 0.233 e. The van der Waals surface area contributed by atoms with Crippen LogP contribution in [0.5, 0.6) is 0 Å². The Morgan fingerprint density at radius 1 is 1.43 bits per heavy atom. The molecule has 1 aromatic carbocycles. The van der Waals surface area contributed by atoms with Gasteiger partial charge in [0.05, 0.1) is 17.6 Å².